The fourth-order valence-corrected chi connectivity index (χ4v) is 6.52. The Kier molecular flexibility index (Phi) is 12.2. The Morgan fingerprint density at radius 3 is 2.35 bits per heavy atom. The number of nitrogens with one attached hydrogen (secondary N) is 2. The number of aryl methyl sites for hydroxylation is 1. The second kappa shape index (κ2) is 16.1. The molecule has 14 nitrogen and oxygen atoms in total. The summed E-state index contributed by atoms with van der Waals surface area (Å²) in [6.45, 7) is 3.44. The van der Waals surface area contributed by atoms with Gasteiger partial charge < -0.3 is 35.7 Å². The first-order valence-corrected chi connectivity index (χ1v) is 17.4. The largest absolute Gasteiger partial charge is 0.486 e. The van der Waals surface area contributed by atoms with Crippen LogP contribution < -0.4 is 21.1 Å². The Morgan fingerprint density at radius 1 is 1.08 bits per heavy atom. The van der Waals surface area contributed by atoms with E-state index in [1.807, 2.05) is 6.92 Å². The highest BCUT2D eigenvalue weighted by molar-refractivity contribution is 7.89. The number of nitrogen functional groups attached to an aromatic ring is 1. The molecule has 3 atom stereocenters. The summed E-state index contributed by atoms with van der Waals surface area (Å²) in [4.78, 5) is 44.6. The van der Waals surface area contributed by atoms with Crippen LogP contribution in [0.15, 0.2) is 60.0 Å². The molecule has 1 aromatic heterocycles. The van der Waals surface area contributed by atoms with Crippen LogP contribution in [0.1, 0.15) is 56.3 Å². The first-order valence-electron chi connectivity index (χ1n) is 15.9. The van der Waals surface area contributed by atoms with Crippen molar-refractivity contribution in [2.45, 2.75) is 63.1 Å². The van der Waals surface area contributed by atoms with E-state index in [1.165, 1.54) is 19.6 Å². The molecule has 3 amide bonds. The lowest BCUT2D eigenvalue weighted by Crippen LogP contribution is -2.50. The number of unbranched alkanes of at least 4 members (excludes halogenated alkanes) is 2. The molecule has 1 aliphatic rings. The van der Waals surface area contributed by atoms with Crippen LogP contribution in [0.3, 0.4) is 0 Å². The van der Waals surface area contributed by atoms with E-state index in [1.54, 1.807) is 65.9 Å². The number of likely N-dealkylation sites (N-methyl/N-ethyl adjacent to an activating group) is 1. The SMILES string of the molecule is C[C@@H]1CN([C@H](C)CO)C(=O)c2cccc(NC(=O)CCCCCC(=O)Nc3ccccc3N)c2O[C@@H]1CN(C)S(=O)(=O)c1cn(C)cn1. The summed E-state index contributed by atoms with van der Waals surface area (Å²) in [7, 11) is -0.838. The molecule has 3 aromatic rings. The molecule has 0 bridgehead atoms. The van der Waals surface area contributed by atoms with Crippen molar-refractivity contribution in [2.75, 3.05) is 43.1 Å². The fourth-order valence-electron chi connectivity index (χ4n) is 5.38. The normalized spacial score (nSPS) is 17.2. The van der Waals surface area contributed by atoms with Crippen LogP contribution in [0.4, 0.5) is 17.1 Å². The minimum Gasteiger partial charge on any atom is -0.486 e. The van der Waals surface area contributed by atoms with Crippen molar-refractivity contribution in [3.63, 3.8) is 0 Å². The minimum atomic E-state index is -3.95. The van der Waals surface area contributed by atoms with Crippen molar-refractivity contribution in [1.82, 2.24) is 18.8 Å². The number of benzene rings is 2. The van der Waals surface area contributed by atoms with Gasteiger partial charge in [-0.05, 0) is 44.0 Å². The molecule has 4 rings (SSSR count). The monoisotopic (exact) mass is 683 g/mol. The summed E-state index contributed by atoms with van der Waals surface area (Å²) in [6, 6.07) is 11.3. The van der Waals surface area contributed by atoms with Gasteiger partial charge in [0.1, 0.15) is 6.10 Å². The maximum absolute atomic E-state index is 13.7. The number of ether oxygens (including phenoxy) is 1. The predicted octanol–water partition coefficient (Wildman–Crippen LogP) is 3.07. The number of amides is 3. The number of hydrogen-bond acceptors (Lipinski definition) is 9. The molecule has 5 N–H and O–H groups in total. The summed E-state index contributed by atoms with van der Waals surface area (Å²) in [6.07, 6.45) is 4.28. The van der Waals surface area contributed by atoms with Gasteiger partial charge in [-0.15, -0.1) is 0 Å². The molecule has 0 fully saturated rings. The Balaban J connectivity index is 1.45. The molecule has 260 valence electrons. The van der Waals surface area contributed by atoms with Crippen LogP contribution in [0.2, 0.25) is 0 Å². The Labute approximate surface area is 281 Å². The Bertz CT molecular complexity index is 1710. The molecule has 0 spiro atoms. The number of aliphatic hydroxyl groups is 1. The lowest BCUT2D eigenvalue weighted by molar-refractivity contribution is -0.116. The minimum absolute atomic E-state index is 0.0677. The maximum Gasteiger partial charge on any atom is 0.261 e. The molecule has 0 saturated carbocycles. The van der Waals surface area contributed by atoms with Crippen LogP contribution in [0.25, 0.3) is 0 Å². The molecule has 48 heavy (non-hydrogen) atoms. The topological polar surface area (TPSA) is 189 Å². The average Bonchev–Trinajstić information content (AvgIpc) is 3.50. The number of rotatable bonds is 14. The molecule has 0 aliphatic carbocycles. The third kappa shape index (κ3) is 8.90. The van der Waals surface area contributed by atoms with E-state index >= 15 is 0 Å². The zero-order valence-electron chi connectivity index (χ0n) is 27.8. The van der Waals surface area contributed by atoms with Crippen LogP contribution in [0, 0.1) is 5.92 Å². The van der Waals surface area contributed by atoms with E-state index in [0.29, 0.717) is 30.6 Å². The first-order chi connectivity index (χ1) is 22.8. The molecular weight excluding hydrogens is 638 g/mol. The highest BCUT2D eigenvalue weighted by Crippen LogP contribution is 2.35. The predicted molar refractivity (Wildman–Crippen MR) is 182 cm³/mol. The first kappa shape index (κ1) is 36.4. The number of nitrogens with zero attached hydrogens (tertiary/aromatic N) is 4. The van der Waals surface area contributed by atoms with Gasteiger partial charge in [-0.25, -0.2) is 13.4 Å². The number of carbonyl (C=O) groups excluding carboxylic acids is 3. The second-order valence-corrected chi connectivity index (χ2v) is 14.2. The quantitative estimate of drug-likeness (QED) is 0.146. The van der Waals surface area contributed by atoms with Crippen molar-refractivity contribution in [3.05, 3.63) is 60.6 Å². The van der Waals surface area contributed by atoms with E-state index < -0.39 is 22.2 Å². The maximum atomic E-state index is 13.7. The third-order valence-electron chi connectivity index (χ3n) is 8.30. The number of nitrogens with two attached hydrogens (primary N) is 1. The van der Waals surface area contributed by atoms with Crippen LogP contribution >= 0.6 is 0 Å². The lowest BCUT2D eigenvalue weighted by Gasteiger charge is -2.38. The highest BCUT2D eigenvalue weighted by atomic mass is 32.2. The highest BCUT2D eigenvalue weighted by Gasteiger charge is 2.36. The fraction of sp³-hybridized carbons (Fsp3) is 0.455. The van der Waals surface area contributed by atoms with Crippen molar-refractivity contribution in [1.29, 1.82) is 0 Å². The van der Waals surface area contributed by atoms with Gasteiger partial charge in [0.25, 0.3) is 15.9 Å². The van der Waals surface area contributed by atoms with Gasteiger partial charge in [-0.3, -0.25) is 14.4 Å². The summed E-state index contributed by atoms with van der Waals surface area (Å²) >= 11 is 0. The van der Waals surface area contributed by atoms with Gasteiger partial charge in [0, 0.05) is 45.6 Å². The standard InChI is InChI=1S/C33H45N7O7S/c1-22-17-40(23(2)20-41)33(44)24-11-10-14-27(32(24)47-28(22)18-39(4)48(45,46)31-19-38(3)21-35-31)37-30(43)16-7-5-6-15-29(42)36-26-13-9-8-12-25(26)34/h8-14,19,21-23,28,41H,5-7,15-18,20,34H2,1-4H3,(H,36,42)(H,37,43)/t22-,23-,28-/m1/s1. The van der Waals surface area contributed by atoms with E-state index in [4.69, 9.17) is 10.5 Å². The van der Waals surface area contributed by atoms with Crippen LogP contribution in [0.5, 0.6) is 5.75 Å². The number of hydrogen-bond donors (Lipinski definition) is 4. The zero-order valence-corrected chi connectivity index (χ0v) is 28.6. The smallest absolute Gasteiger partial charge is 0.261 e. The number of sulfonamides is 1. The van der Waals surface area contributed by atoms with Crippen molar-refractivity contribution in [3.8, 4) is 5.75 Å². The number of fused-ring (bicyclic) bond motifs is 1. The number of anilines is 3. The Hall–Kier alpha value is -4.47. The lowest BCUT2D eigenvalue weighted by atomic mass is 9.99. The molecule has 0 saturated heterocycles. The van der Waals surface area contributed by atoms with Gasteiger partial charge in [0.05, 0.1) is 48.1 Å². The van der Waals surface area contributed by atoms with Gasteiger partial charge in [-0.1, -0.05) is 31.5 Å². The second-order valence-electron chi connectivity index (χ2n) is 12.2. The third-order valence-corrected chi connectivity index (χ3v) is 10.0. The average molecular weight is 684 g/mol. The summed E-state index contributed by atoms with van der Waals surface area (Å²) in [5.74, 6) is -1.07. The number of carbonyl (C=O) groups is 3. The van der Waals surface area contributed by atoms with E-state index in [2.05, 4.69) is 15.6 Å². The molecule has 1 aliphatic heterocycles. The molecular formula is C33H45N7O7S. The van der Waals surface area contributed by atoms with Crippen molar-refractivity contribution >= 4 is 44.8 Å². The number of aliphatic hydroxyl groups excluding tert-OH is 1. The molecule has 15 heteroatoms. The van der Waals surface area contributed by atoms with E-state index in [9.17, 15) is 27.9 Å². The zero-order chi connectivity index (χ0) is 35.0. The summed E-state index contributed by atoms with van der Waals surface area (Å²) < 4.78 is 35.7. The van der Waals surface area contributed by atoms with Gasteiger partial charge >= 0.3 is 0 Å². The number of para-hydroxylation sites is 3. The summed E-state index contributed by atoms with van der Waals surface area (Å²) in [5.41, 5.74) is 7.39. The van der Waals surface area contributed by atoms with Crippen molar-refractivity contribution in [2.24, 2.45) is 13.0 Å². The molecule has 0 unspecified atom stereocenters. The summed E-state index contributed by atoms with van der Waals surface area (Å²) in [5, 5.41) is 15.5. The van der Waals surface area contributed by atoms with E-state index in [-0.39, 0.29) is 78.2 Å². The van der Waals surface area contributed by atoms with Crippen LogP contribution in [-0.2, 0) is 26.7 Å². The van der Waals surface area contributed by atoms with Gasteiger partial charge in [0.15, 0.2) is 10.8 Å². The number of aromatic nitrogens is 2. The van der Waals surface area contributed by atoms with Gasteiger partial charge in [-0.2, -0.15) is 4.31 Å². The van der Waals surface area contributed by atoms with E-state index in [0.717, 1.165) is 4.31 Å². The molecule has 0 radical (unpaired) electrons. The Morgan fingerprint density at radius 2 is 1.73 bits per heavy atom. The van der Waals surface area contributed by atoms with Crippen molar-refractivity contribution < 1.29 is 32.6 Å². The molecule has 2 aromatic carbocycles. The van der Waals surface area contributed by atoms with Crippen LogP contribution in [-0.4, -0.2) is 88.9 Å². The van der Waals surface area contributed by atoms with Gasteiger partial charge in [0.2, 0.25) is 11.8 Å². The number of imidazole rings is 1. The molecule has 2 heterocycles.